The van der Waals surface area contributed by atoms with Crippen LogP contribution in [0.3, 0.4) is 0 Å². The van der Waals surface area contributed by atoms with E-state index in [1.165, 1.54) is 14.2 Å². The molecule has 0 heterocycles. The minimum atomic E-state index is -1.11. The summed E-state index contributed by atoms with van der Waals surface area (Å²) < 4.78 is 37.3. The van der Waals surface area contributed by atoms with Crippen LogP contribution in [0.4, 0.5) is 8.78 Å². The number of carboxylic acids is 1. The van der Waals surface area contributed by atoms with Crippen LogP contribution in [0.25, 0.3) is 0 Å². The third-order valence-electron chi connectivity index (χ3n) is 4.16. The molecule has 0 saturated carbocycles. The monoisotopic (exact) mass is 393 g/mol. The van der Waals surface area contributed by atoms with Crippen molar-refractivity contribution in [3.05, 3.63) is 59.2 Å². The van der Waals surface area contributed by atoms with Gasteiger partial charge in [0.15, 0.2) is 0 Å². The van der Waals surface area contributed by atoms with E-state index < -0.39 is 29.6 Å². The van der Waals surface area contributed by atoms with Crippen LogP contribution >= 0.6 is 0 Å². The van der Waals surface area contributed by atoms with E-state index >= 15 is 0 Å². The Morgan fingerprint density at radius 2 is 1.86 bits per heavy atom. The topological polar surface area (TPSA) is 84.9 Å². The van der Waals surface area contributed by atoms with Crippen molar-refractivity contribution in [2.24, 2.45) is 0 Å². The van der Waals surface area contributed by atoms with Gasteiger partial charge < -0.3 is 19.9 Å². The molecule has 0 saturated heterocycles. The van der Waals surface area contributed by atoms with Gasteiger partial charge >= 0.3 is 5.97 Å². The number of carbonyl (C=O) groups is 2. The highest BCUT2D eigenvalue weighted by Gasteiger charge is 2.22. The first kappa shape index (κ1) is 21.1. The lowest BCUT2D eigenvalue weighted by Crippen LogP contribution is -2.30. The fourth-order valence-corrected chi connectivity index (χ4v) is 2.77. The van der Waals surface area contributed by atoms with Crippen molar-refractivity contribution in [2.45, 2.75) is 25.3 Å². The molecule has 0 aliphatic carbocycles. The molecule has 8 heteroatoms. The predicted molar refractivity (Wildman–Crippen MR) is 97.4 cm³/mol. The zero-order valence-corrected chi connectivity index (χ0v) is 15.5. The molecular formula is C20H21F2NO5. The second kappa shape index (κ2) is 9.68. The van der Waals surface area contributed by atoms with Crippen LogP contribution in [0, 0.1) is 11.6 Å². The summed E-state index contributed by atoms with van der Waals surface area (Å²) in [5.74, 6) is -1.92. The molecule has 0 aliphatic heterocycles. The standard InChI is InChI=1S/C20H21F2NO5/c1-27-14-5-6-15(18(10-14)28-2)17(11-20(25)26)23-19(24)8-3-12-9-13(21)4-7-16(12)22/h4-7,9-10,17H,3,8,11H2,1-2H3,(H,23,24)(H,25,26). The maximum Gasteiger partial charge on any atom is 0.305 e. The number of halogens is 2. The number of methoxy groups -OCH3 is 2. The molecule has 0 aromatic heterocycles. The first-order chi connectivity index (χ1) is 13.3. The number of amides is 1. The van der Waals surface area contributed by atoms with E-state index in [1.807, 2.05) is 0 Å². The molecule has 6 nitrogen and oxygen atoms in total. The smallest absolute Gasteiger partial charge is 0.305 e. The van der Waals surface area contributed by atoms with E-state index in [4.69, 9.17) is 9.47 Å². The highest BCUT2D eigenvalue weighted by molar-refractivity contribution is 5.78. The van der Waals surface area contributed by atoms with E-state index in [1.54, 1.807) is 18.2 Å². The fourth-order valence-electron chi connectivity index (χ4n) is 2.77. The largest absolute Gasteiger partial charge is 0.497 e. The summed E-state index contributed by atoms with van der Waals surface area (Å²) in [5.41, 5.74) is 0.544. The van der Waals surface area contributed by atoms with E-state index in [0.29, 0.717) is 17.1 Å². The second-order valence-electron chi connectivity index (χ2n) is 6.06. The third kappa shape index (κ3) is 5.67. The Morgan fingerprint density at radius 1 is 1.11 bits per heavy atom. The zero-order chi connectivity index (χ0) is 20.7. The molecule has 0 fully saturated rings. The van der Waals surface area contributed by atoms with Gasteiger partial charge in [0.25, 0.3) is 0 Å². The lowest BCUT2D eigenvalue weighted by atomic mass is 10.0. The van der Waals surface area contributed by atoms with Crippen molar-refractivity contribution in [3.63, 3.8) is 0 Å². The van der Waals surface area contributed by atoms with E-state index in [9.17, 15) is 23.5 Å². The Morgan fingerprint density at radius 3 is 2.50 bits per heavy atom. The summed E-state index contributed by atoms with van der Waals surface area (Å²) >= 11 is 0. The van der Waals surface area contributed by atoms with Crippen molar-refractivity contribution < 1.29 is 33.0 Å². The van der Waals surface area contributed by atoms with Gasteiger partial charge in [0, 0.05) is 18.1 Å². The lowest BCUT2D eigenvalue weighted by molar-refractivity contribution is -0.137. The molecule has 1 atom stereocenters. The Labute approximate surface area is 161 Å². The van der Waals surface area contributed by atoms with Crippen LogP contribution < -0.4 is 14.8 Å². The molecule has 150 valence electrons. The number of carboxylic acid groups (broad SMARTS) is 1. The molecule has 0 radical (unpaired) electrons. The van der Waals surface area contributed by atoms with Crippen LogP contribution in [-0.4, -0.2) is 31.2 Å². The lowest BCUT2D eigenvalue weighted by Gasteiger charge is -2.20. The van der Waals surface area contributed by atoms with Gasteiger partial charge in [0.2, 0.25) is 5.91 Å². The molecule has 1 unspecified atom stereocenters. The normalized spacial score (nSPS) is 11.6. The summed E-state index contributed by atoms with van der Waals surface area (Å²) in [6.45, 7) is 0. The van der Waals surface area contributed by atoms with Gasteiger partial charge in [-0.2, -0.15) is 0 Å². The molecule has 2 N–H and O–H groups in total. The number of benzene rings is 2. The Kier molecular flexibility index (Phi) is 7.31. The molecule has 2 aromatic rings. The number of hydrogen-bond donors (Lipinski definition) is 2. The molecule has 0 spiro atoms. The summed E-state index contributed by atoms with van der Waals surface area (Å²) in [6, 6.07) is 6.99. The first-order valence-corrected chi connectivity index (χ1v) is 8.51. The zero-order valence-electron chi connectivity index (χ0n) is 15.5. The average molecular weight is 393 g/mol. The predicted octanol–water partition coefficient (Wildman–Crippen LogP) is 3.25. The van der Waals surface area contributed by atoms with Crippen molar-refractivity contribution in [1.82, 2.24) is 5.32 Å². The fraction of sp³-hybridized carbons (Fsp3) is 0.300. The van der Waals surface area contributed by atoms with E-state index in [2.05, 4.69) is 5.32 Å². The minimum Gasteiger partial charge on any atom is -0.497 e. The number of aliphatic carboxylic acids is 1. The average Bonchev–Trinajstić information content (AvgIpc) is 2.67. The van der Waals surface area contributed by atoms with E-state index in [-0.39, 0.29) is 24.8 Å². The van der Waals surface area contributed by atoms with Gasteiger partial charge in [-0.3, -0.25) is 9.59 Å². The van der Waals surface area contributed by atoms with Crippen LogP contribution in [0.15, 0.2) is 36.4 Å². The van der Waals surface area contributed by atoms with Crippen LogP contribution in [0.2, 0.25) is 0 Å². The maximum absolute atomic E-state index is 13.7. The first-order valence-electron chi connectivity index (χ1n) is 8.51. The summed E-state index contributed by atoms with van der Waals surface area (Å²) in [7, 11) is 2.90. The number of rotatable bonds is 9. The summed E-state index contributed by atoms with van der Waals surface area (Å²) in [6.07, 6.45) is -0.521. The molecule has 0 aliphatic rings. The molecule has 2 rings (SSSR count). The maximum atomic E-state index is 13.7. The number of hydrogen-bond acceptors (Lipinski definition) is 4. The Hall–Kier alpha value is -3.16. The molecule has 1 amide bonds. The van der Waals surface area contributed by atoms with Gasteiger partial charge in [-0.1, -0.05) is 0 Å². The quantitative estimate of drug-likeness (QED) is 0.683. The Balaban J connectivity index is 2.14. The van der Waals surface area contributed by atoms with Crippen molar-refractivity contribution in [2.75, 3.05) is 14.2 Å². The van der Waals surface area contributed by atoms with Crippen molar-refractivity contribution in [3.8, 4) is 11.5 Å². The van der Waals surface area contributed by atoms with Gasteiger partial charge in [-0.15, -0.1) is 0 Å². The second-order valence-corrected chi connectivity index (χ2v) is 6.06. The van der Waals surface area contributed by atoms with Crippen LogP contribution in [0.1, 0.15) is 30.0 Å². The highest BCUT2D eigenvalue weighted by Crippen LogP contribution is 2.31. The number of nitrogens with one attached hydrogen (secondary N) is 1. The van der Waals surface area contributed by atoms with E-state index in [0.717, 1.165) is 18.2 Å². The third-order valence-corrected chi connectivity index (χ3v) is 4.16. The van der Waals surface area contributed by atoms with Crippen molar-refractivity contribution >= 4 is 11.9 Å². The minimum absolute atomic E-state index is 0.0189. The number of aryl methyl sites for hydroxylation is 1. The number of carbonyl (C=O) groups excluding carboxylic acids is 1. The molecular weight excluding hydrogens is 372 g/mol. The van der Waals surface area contributed by atoms with Crippen LogP contribution in [0.5, 0.6) is 11.5 Å². The van der Waals surface area contributed by atoms with Gasteiger partial charge in [-0.25, -0.2) is 8.78 Å². The van der Waals surface area contributed by atoms with Gasteiger partial charge in [0.1, 0.15) is 23.1 Å². The molecule has 2 aromatic carbocycles. The molecule has 0 bridgehead atoms. The van der Waals surface area contributed by atoms with Gasteiger partial charge in [-0.05, 0) is 42.3 Å². The van der Waals surface area contributed by atoms with Crippen molar-refractivity contribution in [1.29, 1.82) is 0 Å². The Bertz CT molecular complexity index is 856. The molecule has 28 heavy (non-hydrogen) atoms. The summed E-state index contributed by atoms with van der Waals surface area (Å²) in [4.78, 5) is 23.6. The number of ether oxygens (including phenoxy) is 2. The SMILES string of the molecule is COc1ccc(C(CC(=O)O)NC(=O)CCc2cc(F)ccc2F)c(OC)c1. The van der Waals surface area contributed by atoms with Gasteiger partial charge in [0.05, 0.1) is 26.7 Å². The van der Waals surface area contributed by atoms with Crippen LogP contribution in [-0.2, 0) is 16.0 Å². The summed E-state index contributed by atoms with van der Waals surface area (Å²) in [5, 5.41) is 11.8. The highest BCUT2D eigenvalue weighted by atomic mass is 19.1.